The fourth-order valence-corrected chi connectivity index (χ4v) is 1.78. The van der Waals surface area contributed by atoms with Gasteiger partial charge in [0, 0.05) is 19.2 Å². The molecule has 0 heterocycles. The Morgan fingerprint density at radius 2 is 1.80 bits per heavy atom. The summed E-state index contributed by atoms with van der Waals surface area (Å²) < 4.78 is 26.9. The molecule has 0 aliphatic rings. The molecule has 20 heavy (non-hydrogen) atoms. The zero-order valence-corrected chi connectivity index (χ0v) is 12.8. The Hall–Kier alpha value is -1.20. The van der Waals surface area contributed by atoms with E-state index in [9.17, 15) is 13.6 Å². The maximum atomic E-state index is 13.4. The van der Waals surface area contributed by atoms with Crippen molar-refractivity contribution in [2.45, 2.75) is 20.3 Å². The summed E-state index contributed by atoms with van der Waals surface area (Å²) >= 11 is 0. The van der Waals surface area contributed by atoms with Crippen molar-refractivity contribution in [3.8, 4) is 0 Å². The number of benzene rings is 1. The van der Waals surface area contributed by atoms with Crippen molar-refractivity contribution in [2.75, 3.05) is 20.1 Å². The molecular formula is C14H21ClF2N2O. The first-order valence-corrected chi connectivity index (χ1v) is 6.14. The van der Waals surface area contributed by atoms with E-state index in [1.54, 1.807) is 7.05 Å². The van der Waals surface area contributed by atoms with E-state index in [0.29, 0.717) is 13.1 Å². The van der Waals surface area contributed by atoms with Gasteiger partial charge >= 0.3 is 0 Å². The average Bonchev–Trinajstić information content (AvgIpc) is 2.33. The van der Waals surface area contributed by atoms with Crippen LogP contribution in [0.5, 0.6) is 0 Å². The Labute approximate surface area is 124 Å². The molecular weight excluding hydrogens is 286 g/mol. The van der Waals surface area contributed by atoms with Crippen molar-refractivity contribution in [3.05, 3.63) is 35.4 Å². The van der Waals surface area contributed by atoms with E-state index in [0.717, 1.165) is 12.1 Å². The summed E-state index contributed by atoms with van der Waals surface area (Å²) in [5.74, 6) is -1.72. The Balaban J connectivity index is 0.00000361. The van der Waals surface area contributed by atoms with Crippen LogP contribution in [0.1, 0.15) is 19.4 Å². The van der Waals surface area contributed by atoms with Crippen LogP contribution in [0, 0.1) is 17.0 Å². The lowest BCUT2D eigenvalue weighted by atomic mass is 9.93. The molecule has 0 saturated heterocycles. The number of rotatable bonds is 5. The third-order valence-corrected chi connectivity index (χ3v) is 3.03. The number of hydrogen-bond donors (Lipinski definition) is 1. The van der Waals surface area contributed by atoms with Gasteiger partial charge in [-0.3, -0.25) is 4.79 Å². The standard InChI is InChI=1S/C14H20F2N2O.ClH/c1-14(2,8-17)9-18(3)13(19)7-10-11(15)5-4-6-12(10)16;/h4-6H,7-9,17H2,1-3H3;1H. The lowest BCUT2D eigenvalue weighted by molar-refractivity contribution is -0.130. The molecule has 6 heteroatoms. The van der Waals surface area contributed by atoms with Crippen molar-refractivity contribution in [3.63, 3.8) is 0 Å². The minimum absolute atomic E-state index is 0. The van der Waals surface area contributed by atoms with Crippen molar-refractivity contribution < 1.29 is 13.6 Å². The minimum Gasteiger partial charge on any atom is -0.345 e. The summed E-state index contributed by atoms with van der Waals surface area (Å²) in [7, 11) is 1.61. The van der Waals surface area contributed by atoms with Crippen molar-refractivity contribution in [2.24, 2.45) is 11.1 Å². The van der Waals surface area contributed by atoms with Crippen LogP contribution in [0.25, 0.3) is 0 Å². The van der Waals surface area contributed by atoms with Crippen LogP contribution >= 0.6 is 12.4 Å². The van der Waals surface area contributed by atoms with E-state index in [2.05, 4.69) is 0 Å². The number of carbonyl (C=O) groups is 1. The largest absolute Gasteiger partial charge is 0.345 e. The number of likely N-dealkylation sites (N-methyl/N-ethyl adjacent to an activating group) is 1. The van der Waals surface area contributed by atoms with Crippen molar-refractivity contribution in [1.82, 2.24) is 4.90 Å². The first-order chi connectivity index (χ1) is 8.76. The number of halogens is 3. The van der Waals surface area contributed by atoms with E-state index < -0.39 is 11.6 Å². The van der Waals surface area contributed by atoms with Crippen molar-refractivity contribution in [1.29, 1.82) is 0 Å². The molecule has 0 spiro atoms. The molecule has 0 radical (unpaired) electrons. The molecule has 2 N–H and O–H groups in total. The van der Waals surface area contributed by atoms with Gasteiger partial charge in [-0.05, 0) is 24.1 Å². The molecule has 0 aliphatic heterocycles. The number of hydrogen-bond acceptors (Lipinski definition) is 2. The number of nitrogens with two attached hydrogens (primary N) is 1. The summed E-state index contributed by atoms with van der Waals surface area (Å²) in [6, 6.07) is 3.57. The summed E-state index contributed by atoms with van der Waals surface area (Å²) in [6.45, 7) is 4.73. The summed E-state index contributed by atoms with van der Waals surface area (Å²) in [6.07, 6.45) is -0.282. The highest BCUT2D eigenvalue weighted by molar-refractivity contribution is 5.85. The van der Waals surface area contributed by atoms with E-state index in [4.69, 9.17) is 5.73 Å². The average molecular weight is 307 g/mol. The number of carbonyl (C=O) groups excluding carboxylic acids is 1. The Kier molecular flexibility index (Phi) is 7.09. The van der Waals surface area contributed by atoms with Gasteiger partial charge in [0.05, 0.1) is 6.42 Å². The molecule has 0 bridgehead atoms. The summed E-state index contributed by atoms with van der Waals surface area (Å²) in [5, 5.41) is 0. The van der Waals surface area contributed by atoms with Crippen LogP contribution in [-0.2, 0) is 11.2 Å². The zero-order chi connectivity index (χ0) is 14.6. The van der Waals surface area contributed by atoms with Crippen LogP contribution in [0.15, 0.2) is 18.2 Å². The molecule has 1 amide bonds. The van der Waals surface area contributed by atoms with Gasteiger partial charge in [0.1, 0.15) is 11.6 Å². The fraction of sp³-hybridized carbons (Fsp3) is 0.500. The second-order valence-corrected chi connectivity index (χ2v) is 5.50. The first kappa shape index (κ1) is 18.8. The Bertz CT molecular complexity index is 446. The quantitative estimate of drug-likeness (QED) is 0.908. The first-order valence-electron chi connectivity index (χ1n) is 6.14. The van der Waals surface area contributed by atoms with Crippen LogP contribution in [0.2, 0.25) is 0 Å². The van der Waals surface area contributed by atoms with Gasteiger partial charge in [0.2, 0.25) is 5.91 Å². The van der Waals surface area contributed by atoms with E-state index >= 15 is 0 Å². The highest BCUT2D eigenvalue weighted by Gasteiger charge is 2.22. The molecule has 0 unspecified atom stereocenters. The van der Waals surface area contributed by atoms with Crippen LogP contribution in [0.4, 0.5) is 8.78 Å². The molecule has 3 nitrogen and oxygen atoms in total. The monoisotopic (exact) mass is 306 g/mol. The maximum absolute atomic E-state index is 13.4. The van der Waals surface area contributed by atoms with E-state index in [-0.39, 0.29) is 35.7 Å². The van der Waals surface area contributed by atoms with Crippen LogP contribution < -0.4 is 5.73 Å². The Morgan fingerprint density at radius 1 is 1.30 bits per heavy atom. The number of nitrogens with zero attached hydrogens (tertiary/aromatic N) is 1. The topological polar surface area (TPSA) is 46.3 Å². The highest BCUT2D eigenvalue weighted by atomic mass is 35.5. The molecule has 1 aromatic carbocycles. The third kappa shape index (κ3) is 5.06. The van der Waals surface area contributed by atoms with Gasteiger partial charge in [-0.15, -0.1) is 12.4 Å². The molecule has 0 fully saturated rings. The smallest absolute Gasteiger partial charge is 0.226 e. The van der Waals surface area contributed by atoms with Gasteiger partial charge in [0.15, 0.2) is 0 Å². The second kappa shape index (κ2) is 7.55. The predicted molar refractivity (Wildman–Crippen MR) is 77.8 cm³/mol. The van der Waals surface area contributed by atoms with Crippen LogP contribution in [0.3, 0.4) is 0 Å². The second-order valence-electron chi connectivity index (χ2n) is 5.50. The molecule has 1 aromatic rings. The van der Waals surface area contributed by atoms with Gasteiger partial charge in [-0.1, -0.05) is 19.9 Å². The summed E-state index contributed by atoms with van der Waals surface area (Å²) in [4.78, 5) is 13.4. The molecule has 0 aliphatic carbocycles. The van der Waals surface area contributed by atoms with Gasteiger partial charge < -0.3 is 10.6 Å². The summed E-state index contributed by atoms with van der Waals surface area (Å²) in [5.41, 5.74) is 5.18. The molecule has 0 atom stereocenters. The molecule has 114 valence electrons. The maximum Gasteiger partial charge on any atom is 0.226 e. The zero-order valence-electron chi connectivity index (χ0n) is 12.0. The lowest BCUT2D eigenvalue weighted by Crippen LogP contribution is -2.40. The van der Waals surface area contributed by atoms with E-state index in [1.165, 1.54) is 11.0 Å². The Morgan fingerprint density at radius 3 is 2.25 bits per heavy atom. The van der Waals surface area contributed by atoms with Gasteiger partial charge in [-0.2, -0.15) is 0 Å². The fourth-order valence-electron chi connectivity index (χ4n) is 1.78. The third-order valence-electron chi connectivity index (χ3n) is 3.03. The molecule has 0 aromatic heterocycles. The predicted octanol–water partition coefficient (Wildman–Crippen LogP) is 2.37. The normalized spacial score (nSPS) is 10.9. The van der Waals surface area contributed by atoms with E-state index in [1.807, 2.05) is 13.8 Å². The van der Waals surface area contributed by atoms with Gasteiger partial charge in [0.25, 0.3) is 0 Å². The highest BCUT2D eigenvalue weighted by Crippen LogP contribution is 2.17. The minimum atomic E-state index is -0.695. The van der Waals surface area contributed by atoms with Crippen LogP contribution in [-0.4, -0.2) is 30.9 Å². The van der Waals surface area contributed by atoms with Gasteiger partial charge in [-0.25, -0.2) is 8.78 Å². The SMILES string of the molecule is CN(CC(C)(C)CN)C(=O)Cc1c(F)cccc1F.Cl. The number of amides is 1. The molecule has 0 saturated carbocycles. The lowest BCUT2D eigenvalue weighted by Gasteiger charge is -2.29. The molecule has 1 rings (SSSR count). The van der Waals surface area contributed by atoms with Crippen molar-refractivity contribution >= 4 is 18.3 Å².